The monoisotopic (exact) mass is 383 g/mol. The summed E-state index contributed by atoms with van der Waals surface area (Å²) in [5, 5.41) is 11.1. The second-order valence-corrected chi connectivity index (χ2v) is 7.67. The Labute approximate surface area is 151 Å². The highest BCUT2D eigenvalue weighted by Gasteiger charge is 2.39. The van der Waals surface area contributed by atoms with E-state index in [9.17, 15) is 14.7 Å². The number of nitro groups is 1. The summed E-state index contributed by atoms with van der Waals surface area (Å²) in [6, 6.07) is 13.1. The molecular weight excluding hydrogens is 365 g/mol. The van der Waals surface area contributed by atoms with Crippen LogP contribution in [0.4, 0.5) is 5.69 Å². The first kappa shape index (κ1) is 19.6. The van der Waals surface area contributed by atoms with Crippen molar-refractivity contribution in [3.05, 3.63) is 74.8 Å². The molecule has 134 valence electrons. The van der Waals surface area contributed by atoms with Crippen LogP contribution >= 0.6 is 19.2 Å². The number of non-ortho nitro benzene ring substituents is 1. The molecule has 0 spiro atoms. The van der Waals surface area contributed by atoms with Crippen molar-refractivity contribution in [1.29, 1.82) is 0 Å². The number of rotatable bonds is 8. The maximum absolute atomic E-state index is 13.4. The third-order valence-corrected chi connectivity index (χ3v) is 6.31. The first-order valence-corrected chi connectivity index (χ1v) is 9.79. The van der Waals surface area contributed by atoms with Crippen LogP contribution in [0.3, 0.4) is 0 Å². The molecule has 0 heterocycles. The summed E-state index contributed by atoms with van der Waals surface area (Å²) < 4.78 is 24.5. The van der Waals surface area contributed by atoms with E-state index in [0.29, 0.717) is 11.1 Å². The second kappa shape index (κ2) is 8.59. The Morgan fingerprint density at radius 2 is 1.72 bits per heavy atom. The third kappa shape index (κ3) is 4.47. The molecule has 2 aromatic rings. The number of nitrogens with zero attached hydrogens (tertiary/aromatic N) is 1. The first-order valence-electron chi connectivity index (χ1n) is 7.80. The van der Waals surface area contributed by atoms with Crippen molar-refractivity contribution >= 4 is 24.9 Å². The van der Waals surface area contributed by atoms with Crippen LogP contribution in [0.1, 0.15) is 30.6 Å². The molecule has 0 aliphatic heterocycles. The normalized spacial score (nSPS) is 12.8. The van der Waals surface area contributed by atoms with Crippen molar-refractivity contribution in [3.63, 3.8) is 0 Å². The lowest BCUT2D eigenvalue weighted by Gasteiger charge is -2.27. The van der Waals surface area contributed by atoms with Gasteiger partial charge in [-0.05, 0) is 31.0 Å². The van der Waals surface area contributed by atoms with Crippen LogP contribution < -0.4 is 0 Å². The highest BCUT2D eigenvalue weighted by molar-refractivity contribution is 7.54. The Morgan fingerprint density at radius 1 is 1.12 bits per heavy atom. The van der Waals surface area contributed by atoms with E-state index in [0.717, 1.165) is 0 Å². The van der Waals surface area contributed by atoms with E-state index < -0.39 is 18.2 Å². The van der Waals surface area contributed by atoms with Crippen molar-refractivity contribution in [3.8, 4) is 0 Å². The first-order chi connectivity index (χ1) is 11.9. The Kier molecular flexibility index (Phi) is 6.73. The van der Waals surface area contributed by atoms with Gasteiger partial charge in [-0.1, -0.05) is 41.9 Å². The highest BCUT2D eigenvalue weighted by Crippen LogP contribution is 2.64. The van der Waals surface area contributed by atoms with Gasteiger partial charge in [0, 0.05) is 12.1 Å². The average Bonchev–Trinajstić information content (AvgIpc) is 2.57. The fraction of sp³-hybridized carbons (Fsp3) is 0.294. The Hall–Kier alpha value is -1.72. The van der Waals surface area contributed by atoms with Crippen LogP contribution in [-0.4, -0.2) is 18.1 Å². The van der Waals surface area contributed by atoms with Gasteiger partial charge in [-0.15, -0.1) is 0 Å². The van der Waals surface area contributed by atoms with Gasteiger partial charge in [0.05, 0.1) is 23.2 Å². The zero-order valence-corrected chi connectivity index (χ0v) is 15.6. The Morgan fingerprint density at radius 3 is 2.20 bits per heavy atom. The van der Waals surface area contributed by atoms with E-state index in [2.05, 4.69) is 0 Å². The summed E-state index contributed by atoms with van der Waals surface area (Å²) in [6.45, 7) is 3.85. The summed E-state index contributed by atoms with van der Waals surface area (Å²) in [4.78, 5) is 10.4. The summed E-state index contributed by atoms with van der Waals surface area (Å²) in [7, 11) is -3.59. The number of hydrogen-bond donors (Lipinski definition) is 0. The fourth-order valence-corrected chi connectivity index (χ4v) is 5.12. The van der Waals surface area contributed by atoms with Gasteiger partial charge in [0.15, 0.2) is 0 Å². The molecule has 0 aliphatic carbocycles. The zero-order valence-electron chi connectivity index (χ0n) is 13.9. The van der Waals surface area contributed by atoms with E-state index in [1.54, 1.807) is 26.0 Å². The van der Waals surface area contributed by atoms with E-state index in [1.807, 2.05) is 18.2 Å². The van der Waals surface area contributed by atoms with E-state index in [4.69, 9.17) is 20.6 Å². The lowest BCUT2D eigenvalue weighted by atomic mass is 10.0. The molecular formula is C17H19ClNO5P. The molecule has 0 saturated heterocycles. The van der Waals surface area contributed by atoms with Crippen LogP contribution in [0.2, 0.25) is 5.02 Å². The number of benzene rings is 2. The molecule has 2 rings (SSSR count). The van der Waals surface area contributed by atoms with Gasteiger partial charge in [0.2, 0.25) is 0 Å². The molecule has 1 unspecified atom stereocenters. The largest absolute Gasteiger partial charge is 0.342 e. The standard InChI is InChI=1S/C17H19ClNO5P/c1-3-23-25(22,24-4-2)17(13-8-6-5-7-9-13)15-11-10-14(19(20)21)12-16(15)18/h5-12,17H,3-4H2,1-2H3. The Bertz CT molecular complexity index is 774. The topological polar surface area (TPSA) is 78.7 Å². The molecule has 6 nitrogen and oxygen atoms in total. The van der Waals surface area contributed by atoms with Gasteiger partial charge in [-0.2, -0.15) is 0 Å². The molecule has 1 atom stereocenters. The van der Waals surface area contributed by atoms with E-state index >= 15 is 0 Å². The van der Waals surface area contributed by atoms with E-state index in [-0.39, 0.29) is 23.9 Å². The van der Waals surface area contributed by atoms with Crippen LogP contribution in [-0.2, 0) is 13.6 Å². The minimum absolute atomic E-state index is 0.136. The van der Waals surface area contributed by atoms with Gasteiger partial charge in [-0.25, -0.2) is 0 Å². The van der Waals surface area contributed by atoms with Crippen molar-refractivity contribution in [2.24, 2.45) is 0 Å². The summed E-state index contributed by atoms with van der Waals surface area (Å²) in [5.41, 5.74) is 0.248. The molecule has 0 saturated carbocycles. The molecule has 0 N–H and O–H groups in total. The number of hydrogen-bond acceptors (Lipinski definition) is 5. The highest BCUT2D eigenvalue weighted by atomic mass is 35.5. The van der Waals surface area contributed by atoms with Gasteiger partial charge in [0.25, 0.3) is 5.69 Å². The van der Waals surface area contributed by atoms with Crippen LogP contribution in [0, 0.1) is 10.1 Å². The molecule has 25 heavy (non-hydrogen) atoms. The third-order valence-electron chi connectivity index (χ3n) is 3.54. The summed E-state index contributed by atoms with van der Waals surface area (Å²) in [5.74, 6) is 0. The molecule has 2 aromatic carbocycles. The molecule has 8 heteroatoms. The van der Waals surface area contributed by atoms with Crippen molar-refractivity contribution in [2.75, 3.05) is 13.2 Å². The molecule has 0 aliphatic rings. The number of halogens is 1. The van der Waals surface area contributed by atoms with Crippen molar-refractivity contribution in [1.82, 2.24) is 0 Å². The van der Waals surface area contributed by atoms with E-state index in [1.165, 1.54) is 18.2 Å². The van der Waals surface area contributed by atoms with Crippen LogP contribution in [0.25, 0.3) is 0 Å². The lowest BCUT2D eigenvalue weighted by Crippen LogP contribution is -2.09. The smallest absolute Gasteiger partial charge is 0.308 e. The van der Waals surface area contributed by atoms with Gasteiger partial charge in [-0.3, -0.25) is 14.7 Å². The predicted molar refractivity (Wildman–Crippen MR) is 97.2 cm³/mol. The van der Waals surface area contributed by atoms with Gasteiger partial charge < -0.3 is 9.05 Å². The van der Waals surface area contributed by atoms with Gasteiger partial charge in [0.1, 0.15) is 5.66 Å². The molecule has 0 radical (unpaired) electrons. The zero-order chi connectivity index (χ0) is 18.4. The van der Waals surface area contributed by atoms with Crippen LogP contribution in [0.15, 0.2) is 48.5 Å². The summed E-state index contributed by atoms with van der Waals surface area (Å²) in [6.07, 6.45) is 0. The maximum Gasteiger partial charge on any atom is 0.342 e. The SMILES string of the molecule is CCOP(=O)(OCC)C(c1ccccc1)c1ccc([N+](=O)[O-])cc1Cl. The van der Waals surface area contributed by atoms with Gasteiger partial charge >= 0.3 is 7.60 Å². The maximum atomic E-state index is 13.4. The molecule has 0 amide bonds. The Balaban J connectivity index is 2.64. The minimum atomic E-state index is -3.59. The molecule has 0 fully saturated rings. The predicted octanol–water partition coefficient (Wildman–Crippen LogP) is 5.60. The fourth-order valence-electron chi connectivity index (χ4n) is 2.57. The minimum Gasteiger partial charge on any atom is -0.308 e. The quantitative estimate of drug-likeness (QED) is 0.336. The molecule has 0 bridgehead atoms. The molecule has 0 aromatic heterocycles. The average molecular weight is 384 g/mol. The lowest BCUT2D eigenvalue weighted by molar-refractivity contribution is -0.384. The van der Waals surface area contributed by atoms with Crippen LogP contribution in [0.5, 0.6) is 0 Å². The number of nitro benzene ring substituents is 1. The van der Waals surface area contributed by atoms with Crippen molar-refractivity contribution in [2.45, 2.75) is 19.5 Å². The summed E-state index contributed by atoms with van der Waals surface area (Å²) >= 11 is 6.29. The van der Waals surface area contributed by atoms with Crippen molar-refractivity contribution < 1.29 is 18.5 Å². The second-order valence-electron chi connectivity index (χ2n) is 5.15.